The number of carbonyl (C=O) groups is 1. The van der Waals surface area contributed by atoms with Gasteiger partial charge in [0.1, 0.15) is 5.75 Å². The first kappa shape index (κ1) is 30.1. The van der Waals surface area contributed by atoms with Crippen LogP contribution in [0.5, 0.6) is 5.75 Å². The summed E-state index contributed by atoms with van der Waals surface area (Å²) in [6.07, 6.45) is 2.74. The normalized spacial score (nSPS) is 12.7. The summed E-state index contributed by atoms with van der Waals surface area (Å²) in [7, 11) is -2.59. The average Bonchev–Trinajstić information content (AvgIpc) is 2.75. The number of rotatable bonds is 18. The summed E-state index contributed by atoms with van der Waals surface area (Å²) in [4.78, 5) is 11.5. The Bertz CT molecular complexity index is 720. The van der Waals surface area contributed by atoms with Crippen LogP contribution in [-0.2, 0) is 18.1 Å². The number of hydrogen-bond acceptors (Lipinski definition) is 5. The van der Waals surface area contributed by atoms with Crippen LogP contribution >= 0.6 is 0 Å². The van der Waals surface area contributed by atoms with Gasteiger partial charge >= 0.3 is 21.1 Å². The molecule has 194 valence electrons. The van der Waals surface area contributed by atoms with E-state index in [1.54, 1.807) is 0 Å². The van der Waals surface area contributed by atoms with Crippen LogP contribution in [0.3, 0.4) is 0 Å². The molecule has 0 fully saturated rings. The Morgan fingerprint density at radius 3 is 1.85 bits per heavy atom. The molecule has 0 heterocycles. The number of ether oxygens (including phenoxy) is 1. The van der Waals surface area contributed by atoms with Crippen LogP contribution in [0.4, 0.5) is 13.2 Å². The van der Waals surface area contributed by atoms with E-state index in [2.05, 4.69) is 4.74 Å². The van der Waals surface area contributed by atoms with Crippen LogP contribution in [0, 0.1) is 0 Å². The Morgan fingerprint density at radius 1 is 0.882 bits per heavy atom. The number of hydrogen-bond donors (Lipinski definition) is 1. The van der Waals surface area contributed by atoms with Crippen molar-refractivity contribution in [1.29, 1.82) is 0 Å². The minimum Gasteiger partial charge on any atom is -0.478 e. The van der Waals surface area contributed by atoms with Gasteiger partial charge < -0.3 is 23.1 Å². The van der Waals surface area contributed by atoms with Gasteiger partial charge in [-0.25, -0.2) is 4.79 Å². The summed E-state index contributed by atoms with van der Waals surface area (Å²) >= 11 is 0. The Hall–Kier alpha value is -1.88. The van der Waals surface area contributed by atoms with E-state index in [0.717, 1.165) is 44.6 Å². The van der Waals surface area contributed by atoms with E-state index < -0.39 is 21.1 Å². The quantitative estimate of drug-likeness (QED) is 0.134. The minimum atomic E-state index is -4.76. The molecule has 0 spiro atoms. The average molecular weight is 507 g/mol. The van der Waals surface area contributed by atoms with Gasteiger partial charge in [0, 0.05) is 31.4 Å². The molecule has 0 saturated carbocycles. The maximum atomic E-state index is 12.2. The molecule has 0 amide bonds. The van der Waals surface area contributed by atoms with E-state index in [4.69, 9.17) is 13.3 Å². The second kappa shape index (κ2) is 15.9. The van der Waals surface area contributed by atoms with Gasteiger partial charge in [0.25, 0.3) is 0 Å². The maximum Gasteiger partial charge on any atom is 0.573 e. The van der Waals surface area contributed by atoms with Crippen LogP contribution in [0.2, 0.25) is 6.04 Å². The molecule has 0 aliphatic heterocycles. The topological polar surface area (TPSA) is 74.2 Å². The summed E-state index contributed by atoms with van der Waals surface area (Å²) in [5.41, 5.74) is 0.739. The van der Waals surface area contributed by atoms with Crippen LogP contribution in [0.15, 0.2) is 29.8 Å². The van der Waals surface area contributed by atoms with Gasteiger partial charge in [-0.05, 0) is 63.8 Å². The Labute approximate surface area is 201 Å². The number of alkyl halides is 3. The van der Waals surface area contributed by atoms with Crippen molar-refractivity contribution in [3.05, 3.63) is 35.4 Å². The molecule has 0 aliphatic rings. The predicted molar refractivity (Wildman–Crippen MR) is 126 cm³/mol. The van der Waals surface area contributed by atoms with E-state index in [1.165, 1.54) is 30.3 Å². The van der Waals surface area contributed by atoms with Crippen molar-refractivity contribution in [2.75, 3.05) is 19.8 Å². The highest BCUT2D eigenvalue weighted by Crippen LogP contribution is 2.24. The zero-order valence-corrected chi connectivity index (χ0v) is 21.3. The second-order valence-electron chi connectivity index (χ2n) is 7.69. The predicted octanol–water partition coefficient (Wildman–Crippen LogP) is 6.83. The third kappa shape index (κ3) is 12.5. The third-order valence-electron chi connectivity index (χ3n) is 5.00. The first-order valence-electron chi connectivity index (χ1n) is 11.9. The largest absolute Gasteiger partial charge is 0.573 e. The Balaban J connectivity index is 2.41. The van der Waals surface area contributed by atoms with Gasteiger partial charge in [0.05, 0.1) is 0 Å². The van der Waals surface area contributed by atoms with Gasteiger partial charge in [0.2, 0.25) is 0 Å². The molecule has 34 heavy (non-hydrogen) atoms. The lowest BCUT2D eigenvalue weighted by Crippen LogP contribution is -2.45. The summed E-state index contributed by atoms with van der Waals surface area (Å²) in [5, 5.41) is 9.45. The van der Waals surface area contributed by atoms with E-state index >= 15 is 0 Å². The van der Waals surface area contributed by atoms with Gasteiger partial charge in [-0.2, -0.15) is 0 Å². The van der Waals surface area contributed by atoms with Crippen LogP contribution in [0.1, 0.15) is 71.3 Å². The molecule has 6 nitrogen and oxygen atoms in total. The lowest BCUT2D eigenvalue weighted by atomic mass is 10.0. The SMILES string of the molecule is CCO[Si](CCCCCCCC/C(=C\c1ccc(OC(F)(F)F)cc1)C(=O)O)(OCC)OCC. The molecule has 1 aromatic rings. The number of benzene rings is 1. The first-order valence-corrected chi connectivity index (χ1v) is 13.8. The first-order chi connectivity index (χ1) is 16.1. The molecular weight excluding hydrogens is 469 g/mol. The van der Waals surface area contributed by atoms with Gasteiger partial charge in [0.15, 0.2) is 0 Å². The molecule has 0 aromatic heterocycles. The second-order valence-corrected chi connectivity index (χ2v) is 10.4. The van der Waals surface area contributed by atoms with Gasteiger partial charge in [-0.3, -0.25) is 0 Å². The molecule has 0 radical (unpaired) electrons. The highest BCUT2D eigenvalue weighted by molar-refractivity contribution is 6.60. The van der Waals surface area contributed by atoms with Gasteiger partial charge in [-0.1, -0.05) is 37.8 Å². The van der Waals surface area contributed by atoms with Crippen molar-refractivity contribution in [1.82, 2.24) is 0 Å². The van der Waals surface area contributed by atoms with Crippen molar-refractivity contribution in [3.8, 4) is 5.75 Å². The third-order valence-corrected chi connectivity index (χ3v) is 8.15. The summed E-state index contributed by atoms with van der Waals surface area (Å²) < 4.78 is 58.1. The molecule has 0 bridgehead atoms. The fraction of sp³-hybridized carbons (Fsp3) is 0.625. The van der Waals surface area contributed by atoms with Crippen LogP contribution in [-0.4, -0.2) is 46.1 Å². The zero-order chi connectivity index (χ0) is 25.5. The van der Waals surface area contributed by atoms with E-state index in [1.807, 2.05) is 20.8 Å². The highest BCUT2D eigenvalue weighted by atomic mass is 28.4. The molecule has 1 rings (SSSR count). The molecule has 10 heteroatoms. The number of halogens is 3. The summed E-state index contributed by atoms with van der Waals surface area (Å²) in [6, 6.07) is 5.93. The monoisotopic (exact) mass is 506 g/mol. The molecule has 1 N–H and O–H groups in total. The maximum absolute atomic E-state index is 12.2. The van der Waals surface area contributed by atoms with Crippen molar-refractivity contribution >= 4 is 20.8 Å². The zero-order valence-electron chi connectivity index (χ0n) is 20.3. The molecule has 0 atom stereocenters. The summed E-state index contributed by atoms with van der Waals surface area (Å²) in [5.74, 6) is -1.37. The lowest BCUT2D eigenvalue weighted by molar-refractivity contribution is -0.274. The highest BCUT2D eigenvalue weighted by Gasteiger charge is 2.39. The van der Waals surface area contributed by atoms with Crippen LogP contribution < -0.4 is 4.74 Å². The number of carboxylic acids is 1. The number of aliphatic carboxylic acids is 1. The minimum absolute atomic E-state index is 0.227. The van der Waals surface area contributed by atoms with E-state index in [-0.39, 0.29) is 11.3 Å². The van der Waals surface area contributed by atoms with E-state index in [9.17, 15) is 23.1 Å². The van der Waals surface area contributed by atoms with Crippen LogP contribution in [0.25, 0.3) is 6.08 Å². The Kier molecular flexibility index (Phi) is 14.1. The van der Waals surface area contributed by atoms with E-state index in [0.29, 0.717) is 31.8 Å². The summed E-state index contributed by atoms with van der Waals surface area (Å²) in [6.45, 7) is 7.52. The standard InChI is InChI=1S/C24H37F3O6Si/c1-4-30-34(31-5-2,32-6-3)18-12-10-8-7-9-11-13-21(23(28)29)19-20-14-16-22(17-15-20)33-24(25,26)27/h14-17,19H,4-13,18H2,1-3H3,(H,28,29)/b21-19+. The van der Waals surface area contributed by atoms with Crippen molar-refractivity contribution < 1.29 is 41.1 Å². The molecule has 0 aliphatic carbocycles. The van der Waals surface area contributed by atoms with Crippen molar-refractivity contribution in [2.24, 2.45) is 0 Å². The van der Waals surface area contributed by atoms with Crippen molar-refractivity contribution in [3.63, 3.8) is 0 Å². The molecule has 0 unspecified atom stereocenters. The lowest BCUT2D eigenvalue weighted by Gasteiger charge is -2.28. The Morgan fingerprint density at radius 2 is 1.38 bits per heavy atom. The number of carboxylic acid groups (broad SMARTS) is 1. The molecule has 0 saturated heterocycles. The molecule has 1 aromatic carbocycles. The fourth-order valence-corrected chi connectivity index (χ4v) is 6.26. The number of unbranched alkanes of at least 4 members (excludes halogenated alkanes) is 5. The van der Waals surface area contributed by atoms with Crippen molar-refractivity contribution in [2.45, 2.75) is 78.1 Å². The van der Waals surface area contributed by atoms with Gasteiger partial charge in [-0.15, -0.1) is 13.2 Å². The smallest absolute Gasteiger partial charge is 0.478 e. The molecular formula is C24H37F3O6Si. The fourth-order valence-electron chi connectivity index (χ4n) is 3.57.